The van der Waals surface area contributed by atoms with Gasteiger partial charge >= 0.3 is 11.9 Å². The molecule has 1 spiro atoms. The number of cyclic esters (lactones) is 1. The van der Waals surface area contributed by atoms with Crippen molar-refractivity contribution in [3.05, 3.63) is 70.8 Å². The van der Waals surface area contributed by atoms with Gasteiger partial charge in [-0.3, -0.25) is 9.59 Å². The monoisotopic (exact) mass is 360 g/mol. The summed E-state index contributed by atoms with van der Waals surface area (Å²) in [6.07, 6.45) is 0.514. The third kappa shape index (κ3) is 1.65. The summed E-state index contributed by atoms with van der Waals surface area (Å²) in [5.41, 5.74) is 4.04. The molecule has 136 valence electrons. The minimum Gasteiger partial charge on any atom is -0.458 e. The molecule has 0 amide bonds. The molecule has 2 aromatic rings. The third-order valence-electron chi connectivity index (χ3n) is 7.22. The van der Waals surface area contributed by atoms with Crippen LogP contribution < -0.4 is 0 Å². The first kappa shape index (κ1) is 15.4. The van der Waals surface area contributed by atoms with Crippen LogP contribution in [0.5, 0.6) is 0 Å². The fraction of sp³-hybridized carbons (Fsp3) is 0.391. The van der Waals surface area contributed by atoms with Crippen molar-refractivity contribution < 1.29 is 19.1 Å². The van der Waals surface area contributed by atoms with Gasteiger partial charge in [0.25, 0.3) is 0 Å². The van der Waals surface area contributed by atoms with Crippen molar-refractivity contribution in [2.45, 2.75) is 43.8 Å². The summed E-state index contributed by atoms with van der Waals surface area (Å²) < 4.78 is 11.5. The fourth-order valence-corrected chi connectivity index (χ4v) is 6.22. The first-order chi connectivity index (χ1) is 13.2. The topological polar surface area (TPSA) is 52.6 Å². The molecule has 7 rings (SSSR count). The van der Waals surface area contributed by atoms with Crippen LogP contribution in [-0.4, -0.2) is 24.1 Å². The van der Waals surface area contributed by atoms with Crippen LogP contribution in [0.25, 0.3) is 0 Å². The maximum atomic E-state index is 13.4. The number of hydrogen-bond acceptors (Lipinski definition) is 4. The lowest BCUT2D eigenvalue weighted by atomic mass is 9.48. The van der Waals surface area contributed by atoms with Crippen molar-refractivity contribution in [3.63, 3.8) is 0 Å². The summed E-state index contributed by atoms with van der Waals surface area (Å²) in [5.74, 6) is -1.03. The van der Waals surface area contributed by atoms with Crippen molar-refractivity contribution in [3.8, 4) is 0 Å². The molecular weight excluding hydrogens is 340 g/mol. The summed E-state index contributed by atoms with van der Waals surface area (Å²) in [4.78, 5) is 26.2. The highest BCUT2D eigenvalue weighted by Crippen LogP contribution is 2.67. The van der Waals surface area contributed by atoms with Crippen molar-refractivity contribution in [2.24, 2.45) is 11.3 Å². The molecule has 4 heteroatoms. The quantitative estimate of drug-likeness (QED) is 0.730. The Labute approximate surface area is 157 Å². The van der Waals surface area contributed by atoms with E-state index in [4.69, 9.17) is 9.47 Å². The van der Waals surface area contributed by atoms with Gasteiger partial charge in [0.1, 0.15) is 12.0 Å². The summed E-state index contributed by atoms with van der Waals surface area (Å²) >= 11 is 0. The molecule has 0 aromatic heterocycles. The predicted octanol–water partition coefficient (Wildman–Crippen LogP) is 3.53. The van der Waals surface area contributed by atoms with Gasteiger partial charge in [0.05, 0.1) is 5.41 Å². The average Bonchev–Trinajstić information content (AvgIpc) is 3.17. The Morgan fingerprint density at radius 1 is 0.926 bits per heavy atom. The largest absolute Gasteiger partial charge is 0.458 e. The second-order valence-corrected chi connectivity index (χ2v) is 8.22. The van der Waals surface area contributed by atoms with Crippen LogP contribution in [0.3, 0.4) is 0 Å². The molecule has 27 heavy (non-hydrogen) atoms. The Bertz CT molecular complexity index is 948. The zero-order valence-corrected chi connectivity index (χ0v) is 15.1. The van der Waals surface area contributed by atoms with Crippen LogP contribution in [0.1, 0.15) is 53.9 Å². The lowest BCUT2D eigenvalue weighted by molar-refractivity contribution is -0.162. The summed E-state index contributed by atoms with van der Waals surface area (Å²) in [6, 6.07) is 16.7. The molecule has 0 saturated carbocycles. The van der Waals surface area contributed by atoms with E-state index in [-0.39, 0.29) is 29.9 Å². The number of ether oxygens (including phenoxy) is 2. The molecular formula is C23H20O4. The van der Waals surface area contributed by atoms with Crippen LogP contribution in [0, 0.1) is 11.3 Å². The minimum atomic E-state index is -0.848. The molecule has 0 unspecified atom stereocenters. The summed E-state index contributed by atoms with van der Waals surface area (Å²) in [7, 11) is 0. The molecule has 2 saturated heterocycles. The Kier molecular flexibility index (Phi) is 2.86. The third-order valence-corrected chi connectivity index (χ3v) is 7.22. The predicted molar refractivity (Wildman–Crippen MR) is 97.2 cm³/mol. The molecule has 3 aliphatic carbocycles. The van der Waals surface area contributed by atoms with Gasteiger partial charge in [0, 0.05) is 11.8 Å². The van der Waals surface area contributed by atoms with Gasteiger partial charge < -0.3 is 9.47 Å². The molecule has 2 fully saturated rings. The van der Waals surface area contributed by atoms with Gasteiger partial charge in [0.15, 0.2) is 6.10 Å². The van der Waals surface area contributed by atoms with E-state index in [1.807, 2.05) is 19.1 Å². The maximum absolute atomic E-state index is 13.4. The van der Waals surface area contributed by atoms with Gasteiger partial charge in [-0.25, -0.2) is 0 Å². The van der Waals surface area contributed by atoms with Crippen molar-refractivity contribution >= 4 is 11.9 Å². The van der Waals surface area contributed by atoms with E-state index in [0.717, 1.165) is 11.1 Å². The number of carbonyl (C=O) groups is 2. The molecule has 0 N–H and O–H groups in total. The van der Waals surface area contributed by atoms with E-state index in [9.17, 15) is 9.59 Å². The highest BCUT2D eigenvalue weighted by atomic mass is 16.6. The Morgan fingerprint density at radius 2 is 1.52 bits per heavy atom. The van der Waals surface area contributed by atoms with Gasteiger partial charge in [-0.2, -0.15) is 0 Å². The van der Waals surface area contributed by atoms with E-state index >= 15 is 0 Å². The zero-order valence-electron chi connectivity index (χ0n) is 15.1. The second-order valence-electron chi connectivity index (χ2n) is 8.22. The highest BCUT2D eigenvalue weighted by molar-refractivity contribution is 5.93. The van der Waals surface area contributed by atoms with Crippen molar-refractivity contribution in [1.29, 1.82) is 0 Å². The lowest BCUT2D eigenvalue weighted by Gasteiger charge is -2.50. The van der Waals surface area contributed by atoms with E-state index in [2.05, 4.69) is 36.4 Å². The SMILES string of the molecule is CC[C@@H]1OC(=O)[C@@H]2[C@H]1OC(=O)[C@@]21CC2c3ccccc3C1c1ccccc12. The van der Waals surface area contributed by atoms with E-state index < -0.39 is 17.4 Å². The highest BCUT2D eigenvalue weighted by Gasteiger charge is 2.72. The number of hydrogen-bond donors (Lipinski definition) is 0. The van der Waals surface area contributed by atoms with Crippen LogP contribution >= 0.6 is 0 Å². The van der Waals surface area contributed by atoms with Gasteiger partial charge in [-0.15, -0.1) is 0 Å². The first-order valence-corrected chi connectivity index (χ1v) is 9.76. The Hall–Kier alpha value is -2.62. The Balaban J connectivity index is 1.62. The fourth-order valence-electron chi connectivity index (χ4n) is 6.22. The standard InChI is InChI=1S/C23H20O4/c1-2-17-20-19(21(24)26-17)23(22(25)27-20)11-16-12-7-3-5-9-14(12)18(23)15-10-6-4-8-13(15)16/h3-10,16-20H,2,11H2,1H3/t16?,17-,18?,19-,20-,23+/m0/s1. The lowest BCUT2D eigenvalue weighted by Crippen LogP contribution is -2.50. The maximum Gasteiger partial charge on any atom is 0.314 e. The molecule has 2 aromatic carbocycles. The van der Waals surface area contributed by atoms with Crippen LogP contribution in [0.15, 0.2) is 48.5 Å². The van der Waals surface area contributed by atoms with Crippen molar-refractivity contribution in [2.75, 3.05) is 0 Å². The van der Waals surface area contributed by atoms with E-state index in [1.54, 1.807) is 0 Å². The van der Waals surface area contributed by atoms with Crippen molar-refractivity contribution in [1.82, 2.24) is 0 Å². The molecule has 4 atom stereocenters. The smallest absolute Gasteiger partial charge is 0.314 e. The van der Waals surface area contributed by atoms with Crippen LogP contribution in [-0.2, 0) is 19.1 Å². The summed E-state index contributed by atoms with van der Waals surface area (Å²) in [5, 5.41) is 0. The molecule has 2 heterocycles. The van der Waals surface area contributed by atoms with Gasteiger partial charge in [-0.05, 0) is 35.1 Å². The van der Waals surface area contributed by atoms with E-state index in [0.29, 0.717) is 12.8 Å². The van der Waals surface area contributed by atoms with E-state index in [1.165, 1.54) is 11.1 Å². The van der Waals surface area contributed by atoms with Crippen LogP contribution in [0.4, 0.5) is 0 Å². The van der Waals surface area contributed by atoms with Crippen LogP contribution in [0.2, 0.25) is 0 Å². The van der Waals surface area contributed by atoms with Gasteiger partial charge in [0.2, 0.25) is 0 Å². The number of fused-ring (bicyclic) bond motifs is 1. The molecule has 0 radical (unpaired) electrons. The van der Waals surface area contributed by atoms with Gasteiger partial charge in [-0.1, -0.05) is 55.5 Å². The molecule has 2 bridgehead atoms. The molecule has 2 aliphatic heterocycles. The number of benzene rings is 2. The number of rotatable bonds is 1. The molecule has 4 nitrogen and oxygen atoms in total. The Morgan fingerprint density at radius 3 is 2.11 bits per heavy atom. The minimum absolute atomic E-state index is 0.113. The average molecular weight is 360 g/mol. The molecule has 5 aliphatic rings. The summed E-state index contributed by atoms with van der Waals surface area (Å²) in [6.45, 7) is 1.97. The second kappa shape index (κ2) is 5.00. The zero-order chi connectivity index (χ0) is 18.3. The normalized spacial score (nSPS) is 37.6. The first-order valence-electron chi connectivity index (χ1n) is 9.76. The number of carbonyl (C=O) groups excluding carboxylic acids is 2. The number of esters is 2.